The van der Waals surface area contributed by atoms with Crippen LogP contribution in [0.5, 0.6) is 0 Å². The molecule has 0 aromatic carbocycles. The van der Waals surface area contributed by atoms with E-state index in [0.29, 0.717) is 0 Å². The van der Waals surface area contributed by atoms with Crippen LogP contribution in [-0.2, 0) is 19.2 Å². The molecular weight excluding hydrogens is 136 g/mol. The summed E-state index contributed by atoms with van der Waals surface area (Å²) in [5, 5.41) is 0. The van der Waals surface area contributed by atoms with E-state index >= 15 is 0 Å². The molecule has 0 bridgehead atoms. The average molecular weight is 140 g/mol. The number of carbonyl (C=O) groups excluding carboxylic acids is 2. The van der Waals surface area contributed by atoms with Gasteiger partial charge in [-0.25, -0.2) is 4.21 Å². The molecule has 0 aliphatic heterocycles. The zero-order valence-corrected chi connectivity index (χ0v) is 4.50. The fourth-order valence-electron chi connectivity index (χ4n) is 0.0227. The van der Waals surface area contributed by atoms with E-state index in [4.69, 9.17) is 9.11 Å². The Bertz CT molecular complexity index is 161. The molecule has 0 amide bonds. The number of hydrogen-bond donors (Lipinski definition) is 2. The second-order valence-electron chi connectivity index (χ2n) is 1.17. The Hall–Kier alpha value is -0.590. The van der Waals surface area contributed by atoms with E-state index in [-0.39, 0.29) is 0 Å². The van der Waals surface area contributed by atoms with Crippen molar-refractivity contribution in [1.29, 1.82) is 0 Å². The molecule has 0 aromatic rings. The van der Waals surface area contributed by atoms with Gasteiger partial charge >= 0.3 is 0 Å². The van der Waals surface area contributed by atoms with Gasteiger partial charge < -0.3 is 0 Å². The van der Waals surface area contributed by atoms with E-state index < -0.39 is 20.9 Å². The van der Waals surface area contributed by atoms with E-state index in [1.807, 2.05) is 0 Å². The first-order chi connectivity index (χ1) is 3.39. The Balaban J connectivity index is 4.77. The van der Waals surface area contributed by atoms with Gasteiger partial charge in [0.1, 0.15) is 0 Å². The Labute approximate surface area is 44.7 Å². The SMILES string of the molecule is O=CS(=O)(O)(O)C=O. The van der Waals surface area contributed by atoms with Crippen molar-refractivity contribution in [3.05, 3.63) is 0 Å². The monoisotopic (exact) mass is 140 g/mol. The summed E-state index contributed by atoms with van der Waals surface area (Å²) in [6.45, 7) is 0. The second kappa shape index (κ2) is 1.44. The molecule has 0 aromatic heterocycles. The third-order valence-electron chi connectivity index (χ3n) is 0.362. The molecule has 0 fully saturated rings. The van der Waals surface area contributed by atoms with Crippen LogP contribution >= 0.6 is 0 Å². The van der Waals surface area contributed by atoms with Crippen molar-refractivity contribution in [2.45, 2.75) is 0 Å². The van der Waals surface area contributed by atoms with E-state index in [0.717, 1.165) is 0 Å². The van der Waals surface area contributed by atoms with Crippen LogP contribution in [-0.4, -0.2) is 24.6 Å². The molecule has 6 heteroatoms. The van der Waals surface area contributed by atoms with Gasteiger partial charge in [0.2, 0.25) is 11.2 Å². The molecule has 0 spiro atoms. The lowest BCUT2D eigenvalue weighted by Crippen LogP contribution is -2.33. The molecule has 0 radical (unpaired) electrons. The van der Waals surface area contributed by atoms with E-state index in [1.165, 1.54) is 0 Å². The molecule has 0 rings (SSSR count). The minimum absolute atomic E-state index is 0.690. The van der Waals surface area contributed by atoms with Gasteiger partial charge in [0, 0.05) is 0 Å². The molecule has 8 heavy (non-hydrogen) atoms. The van der Waals surface area contributed by atoms with Gasteiger partial charge in [-0.1, -0.05) is 0 Å². The molecule has 0 saturated heterocycles. The minimum atomic E-state index is -5.49. The summed E-state index contributed by atoms with van der Waals surface area (Å²) in [5.74, 6) is 0. The highest BCUT2D eigenvalue weighted by atomic mass is 32.3. The Morgan fingerprint density at radius 1 is 1.12 bits per heavy atom. The standard InChI is InChI=1S/C2H4O5S/c3-1-8(5,6,7)2-4/h1-2H,(H2,5,6,7). The topological polar surface area (TPSA) is 91.7 Å². The molecule has 48 valence electrons. The van der Waals surface area contributed by atoms with Crippen molar-refractivity contribution in [2.75, 3.05) is 0 Å². The van der Waals surface area contributed by atoms with Crippen LogP contribution in [0.15, 0.2) is 0 Å². The molecule has 0 saturated carbocycles. The second-order valence-corrected chi connectivity index (χ2v) is 3.52. The summed E-state index contributed by atoms with van der Waals surface area (Å²) < 4.78 is 25.8. The molecule has 0 aliphatic rings. The van der Waals surface area contributed by atoms with Gasteiger partial charge in [-0.15, -0.1) is 0 Å². The molecular formula is C2H4O5S. The van der Waals surface area contributed by atoms with Gasteiger partial charge in [-0.05, 0) is 0 Å². The lowest BCUT2D eigenvalue weighted by atomic mass is 11.8. The van der Waals surface area contributed by atoms with Crippen LogP contribution in [0.2, 0.25) is 0 Å². The number of hydrogen-bond acceptors (Lipinski definition) is 3. The Morgan fingerprint density at radius 3 is 1.38 bits per heavy atom. The average Bonchev–Trinajstić information content (AvgIpc) is 1.68. The maximum atomic E-state index is 9.90. The van der Waals surface area contributed by atoms with Crippen molar-refractivity contribution in [3.63, 3.8) is 0 Å². The molecule has 0 heterocycles. The van der Waals surface area contributed by atoms with Gasteiger partial charge in [0.05, 0.1) is 0 Å². The summed E-state index contributed by atoms with van der Waals surface area (Å²) >= 11 is 0. The summed E-state index contributed by atoms with van der Waals surface area (Å²) in [7, 11) is -5.49. The van der Waals surface area contributed by atoms with Crippen LogP contribution in [0.25, 0.3) is 0 Å². The molecule has 0 aliphatic carbocycles. The van der Waals surface area contributed by atoms with Crippen molar-refractivity contribution < 1.29 is 22.9 Å². The van der Waals surface area contributed by atoms with Crippen LogP contribution in [0, 0.1) is 0 Å². The van der Waals surface area contributed by atoms with Crippen molar-refractivity contribution >= 4 is 20.9 Å². The summed E-state index contributed by atoms with van der Waals surface area (Å²) in [6.07, 6.45) is 0. The number of carbonyl (C=O) groups is 2. The minimum Gasteiger partial charge on any atom is -0.297 e. The third kappa shape index (κ3) is 1.92. The van der Waals surface area contributed by atoms with Gasteiger partial charge in [-0.2, -0.15) is 0 Å². The fraction of sp³-hybridized carbons (Fsp3) is 0. The predicted molar refractivity (Wildman–Crippen MR) is 26.9 cm³/mol. The van der Waals surface area contributed by atoms with E-state index in [1.54, 1.807) is 0 Å². The van der Waals surface area contributed by atoms with Gasteiger partial charge in [-0.3, -0.25) is 18.7 Å². The fourth-order valence-corrected chi connectivity index (χ4v) is 0.0680. The molecule has 0 unspecified atom stereocenters. The summed E-state index contributed by atoms with van der Waals surface area (Å²) in [6, 6.07) is 0. The van der Waals surface area contributed by atoms with Gasteiger partial charge in [0.15, 0.2) is 9.63 Å². The van der Waals surface area contributed by atoms with Crippen molar-refractivity contribution in [3.8, 4) is 0 Å². The highest BCUT2D eigenvalue weighted by Gasteiger charge is 2.27. The zero-order chi connectivity index (χ0) is 6.86. The van der Waals surface area contributed by atoms with Crippen molar-refractivity contribution in [2.24, 2.45) is 0 Å². The highest BCUT2D eigenvalue weighted by molar-refractivity contribution is 8.32. The molecule has 0 atom stereocenters. The van der Waals surface area contributed by atoms with Crippen LogP contribution < -0.4 is 0 Å². The van der Waals surface area contributed by atoms with Crippen LogP contribution in [0.1, 0.15) is 0 Å². The smallest absolute Gasteiger partial charge is 0.237 e. The van der Waals surface area contributed by atoms with Gasteiger partial charge in [0.25, 0.3) is 0 Å². The van der Waals surface area contributed by atoms with E-state index in [9.17, 15) is 13.8 Å². The molecule has 2 N–H and O–H groups in total. The Kier molecular flexibility index (Phi) is 1.33. The van der Waals surface area contributed by atoms with Crippen molar-refractivity contribution in [1.82, 2.24) is 0 Å². The first-order valence-electron chi connectivity index (χ1n) is 1.47. The molecule has 5 nitrogen and oxygen atoms in total. The zero-order valence-electron chi connectivity index (χ0n) is 3.68. The summed E-state index contributed by atoms with van der Waals surface area (Å²) in [4.78, 5) is 18.8. The normalized spacial score (nSPS) is 16.0. The predicted octanol–water partition coefficient (Wildman–Crippen LogP) is -0.867. The first kappa shape index (κ1) is 7.41. The first-order valence-corrected chi connectivity index (χ1v) is 3.48. The van der Waals surface area contributed by atoms with Crippen LogP contribution in [0.4, 0.5) is 0 Å². The lowest BCUT2D eigenvalue weighted by molar-refractivity contribution is 0.413. The third-order valence-corrected chi connectivity index (χ3v) is 1.09. The van der Waals surface area contributed by atoms with E-state index in [2.05, 4.69) is 0 Å². The summed E-state index contributed by atoms with van der Waals surface area (Å²) in [5.41, 5.74) is -1.38. The van der Waals surface area contributed by atoms with Crippen LogP contribution in [0.3, 0.4) is 0 Å². The quantitative estimate of drug-likeness (QED) is 0.486. The highest BCUT2D eigenvalue weighted by Crippen LogP contribution is 2.04. The number of rotatable bonds is 2. The largest absolute Gasteiger partial charge is 0.297 e. The maximum absolute atomic E-state index is 9.90. The maximum Gasteiger partial charge on any atom is 0.237 e. The Morgan fingerprint density at radius 2 is 1.38 bits per heavy atom. The lowest BCUT2D eigenvalue weighted by Gasteiger charge is -2.12.